The Morgan fingerprint density at radius 3 is 2.82 bits per heavy atom. The lowest BCUT2D eigenvalue weighted by atomic mass is 10.1. The zero-order chi connectivity index (χ0) is 12.4. The van der Waals surface area contributed by atoms with Crippen LogP contribution in [0.2, 0.25) is 0 Å². The molecule has 94 valence electrons. The molecule has 1 N–H and O–H groups in total. The highest BCUT2D eigenvalue weighted by atomic mass is 79.9. The van der Waals surface area contributed by atoms with Crippen molar-refractivity contribution in [2.24, 2.45) is 0 Å². The molecule has 1 aliphatic heterocycles. The third kappa shape index (κ3) is 2.77. The first-order valence-electron chi connectivity index (χ1n) is 5.68. The summed E-state index contributed by atoms with van der Waals surface area (Å²) in [6.45, 7) is 1.49. The molecule has 1 aliphatic rings. The number of nitrogens with zero attached hydrogens (tertiary/aromatic N) is 1. The highest BCUT2D eigenvalue weighted by Gasteiger charge is 2.21. The summed E-state index contributed by atoms with van der Waals surface area (Å²) in [5.41, 5.74) is 0.352. The molecule has 0 radical (unpaired) electrons. The molecule has 17 heavy (non-hydrogen) atoms. The second kappa shape index (κ2) is 5.31. The van der Waals surface area contributed by atoms with E-state index in [-0.39, 0.29) is 10.3 Å². The fourth-order valence-corrected chi connectivity index (χ4v) is 2.50. The third-order valence-electron chi connectivity index (χ3n) is 3.16. The fraction of sp³-hybridized carbons (Fsp3) is 0.500. The predicted octanol–water partition coefficient (Wildman–Crippen LogP) is 2.92. The molecule has 1 aromatic carbocycles. The smallest absolute Gasteiger partial charge is 0.147 e. The molecule has 5 heteroatoms. The van der Waals surface area contributed by atoms with E-state index in [4.69, 9.17) is 0 Å². The normalized spacial score (nSPS) is 20.7. The van der Waals surface area contributed by atoms with E-state index in [1.807, 2.05) is 11.9 Å². The molecule has 0 bridgehead atoms. The number of anilines is 1. The minimum absolute atomic E-state index is 0.168. The van der Waals surface area contributed by atoms with E-state index in [9.17, 15) is 8.78 Å². The number of halogens is 3. The zero-order valence-electron chi connectivity index (χ0n) is 9.64. The van der Waals surface area contributed by atoms with Gasteiger partial charge in [0.2, 0.25) is 0 Å². The molecule has 0 saturated carbocycles. The van der Waals surface area contributed by atoms with Gasteiger partial charge in [0.15, 0.2) is 0 Å². The van der Waals surface area contributed by atoms with Crippen LogP contribution >= 0.6 is 15.9 Å². The summed E-state index contributed by atoms with van der Waals surface area (Å²) >= 11 is 2.98. The molecule has 1 saturated heterocycles. The number of hydrogen-bond donors (Lipinski definition) is 1. The van der Waals surface area contributed by atoms with Crippen LogP contribution in [-0.4, -0.2) is 26.2 Å². The SMILES string of the molecule is CNC1CCCN(c2cc(F)c(Br)cc2F)C1. The number of hydrogen-bond acceptors (Lipinski definition) is 2. The first-order valence-corrected chi connectivity index (χ1v) is 6.48. The molecule has 0 aromatic heterocycles. The summed E-state index contributed by atoms with van der Waals surface area (Å²) < 4.78 is 27.4. The van der Waals surface area contributed by atoms with Crippen LogP contribution in [0.4, 0.5) is 14.5 Å². The summed E-state index contributed by atoms with van der Waals surface area (Å²) in [5.74, 6) is -0.803. The van der Waals surface area contributed by atoms with Gasteiger partial charge in [-0.15, -0.1) is 0 Å². The van der Waals surface area contributed by atoms with Crippen molar-refractivity contribution in [1.82, 2.24) is 5.32 Å². The van der Waals surface area contributed by atoms with Crippen molar-refractivity contribution in [1.29, 1.82) is 0 Å². The van der Waals surface area contributed by atoms with Crippen molar-refractivity contribution < 1.29 is 8.78 Å². The Balaban J connectivity index is 2.24. The van der Waals surface area contributed by atoms with Crippen LogP contribution in [0.25, 0.3) is 0 Å². The molecule has 2 rings (SSSR count). The number of rotatable bonds is 2. The molecule has 0 spiro atoms. The van der Waals surface area contributed by atoms with Crippen LogP contribution in [-0.2, 0) is 0 Å². The Kier molecular flexibility index (Phi) is 3.99. The summed E-state index contributed by atoms with van der Waals surface area (Å²) in [5, 5.41) is 3.18. The maximum absolute atomic E-state index is 13.8. The van der Waals surface area contributed by atoms with Crippen molar-refractivity contribution in [2.75, 3.05) is 25.0 Å². The Hall–Kier alpha value is -0.680. The van der Waals surface area contributed by atoms with E-state index >= 15 is 0 Å². The fourth-order valence-electron chi connectivity index (χ4n) is 2.19. The maximum Gasteiger partial charge on any atom is 0.147 e. The third-order valence-corrected chi connectivity index (χ3v) is 3.77. The van der Waals surface area contributed by atoms with Gasteiger partial charge in [0, 0.05) is 25.2 Å². The van der Waals surface area contributed by atoms with Crippen molar-refractivity contribution in [3.8, 4) is 0 Å². The molecule has 1 atom stereocenters. The van der Waals surface area contributed by atoms with E-state index in [2.05, 4.69) is 21.2 Å². The first kappa shape index (κ1) is 12.8. The van der Waals surface area contributed by atoms with Crippen molar-refractivity contribution in [2.45, 2.75) is 18.9 Å². The number of piperidine rings is 1. The molecule has 1 aromatic rings. The second-order valence-corrected chi connectivity index (χ2v) is 5.15. The van der Waals surface area contributed by atoms with Gasteiger partial charge in [-0.2, -0.15) is 0 Å². The lowest BCUT2D eigenvalue weighted by Crippen LogP contribution is -2.44. The van der Waals surface area contributed by atoms with Gasteiger partial charge >= 0.3 is 0 Å². The highest BCUT2D eigenvalue weighted by Crippen LogP contribution is 2.28. The van der Waals surface area contributed by atoms with Crippen molar-refractivity contribution in [3.05, 3.63) is 28.2 Å². The van der Waals surface area contributed by atoms with Gasteiger partial charge in [-0.3, -0.25) is 0 Å². The van der Waals surface area contributed by atoms with Gasteiger partial charge in [-0.1, -0.05) is 0 Å². The van der Waals surface area contributed by atoms with Gasteiger partial charge < -0.3 is 10.2 Å². The highest BCUT2D eigenvalue weighted by molar-refractivity contribution is 9.10. The van der Waals surface area contributed by atoms with Crippen LogP contribution in [0.1, 0.15) is 12.8 Å². The summed E-state index contributed by atoms with van der Waals surface area (Å²) in [6, 6.07) is 2.79. The van der Waals surface area contributed by atoms with Crippen molar-refractivity contribution >= 4 is 21.6 Å². The van der Waals surface area contributed by atoms with Gasteiger partial charge in [0.05, 0.1) is 10.2 Å². The Morgan fingerprint density at radius 2 is 2.12 bits per heavy atom. The Labute approximate surface area is 108 Å². The number of likely N-dealkylation sites (N-methyl/N-ethyl adjacent to an activating group) is 1. The molecule has 1 fully saturated rings. The van der Waals surface area contributed by atoms with Gasteiger partial charge in [0.25, 0.3) is 0 Å². The minimum atomic E-state index is -0.423. The van der Waals surface area contributed by atoms with Gasteiger partial charge in [-0.05, 0) is 41.9 Å². The molecule has 1 heterocycles. The molecule has 0 amide bonds. The number of nitrogens with one attached hydrogen (secondary N) is 1. The Bertz CT molecular complexity index is 412. The van der Waals surface area contributed by atoms with Crippen LogP contribution in [0.15, 0.2) is 16.6 Å². The molecule has 0 aliphatic carbocycles. The van der Waals surface area contributed by atoms with E-state index < -0.39 is 5.82 Å². The van der Waals surface area contributed by atoms with Crippen LogP contribution in [0, 0.1) is 11.6 Å². The Morgan fingerprint density at radius 1 is 1.35 bits per heavy atom. The second-order valence-electron chi connectivity index (χ2n) is 4.29. The quantitative estimate of drug-likeness (QED) is 0.845. The van der Waals surface area contributed by atoms with Crippen LogP contribution < -0.4 is 10.2 Å². The monoisotopic (exact) mass is 304 g/mol. The standard InChI is InChI=1S/C12H15BrF2N2/c1-16-8-3-2-4-17(7-8)12-6-10(14)9(13)5-11(12)15/h5-6,8,16H,2-4,7H2,1H3. The molecule has 1 unspecified atom stereocenters. The average molecular weight is 305 g/mol. The van der Waals surface area contributed by atoms with E-state index in [0.717, 1.165) is 19.4 Å². The van der Waals surface area contributed by atoms with Gasteiger partial charge in [0.1, 0.15) is 11.6 Å². The summed E-state index contributed by atoms with van der Waals surface area (Å²) in [4.78, 5) is 1.90. The first-order chi connectivity index (χ1) is 8.11. The molecule has 2 nitrogen and oxygen atoms in total. The predicted molar refractivity (Wildman–Crippen MR) is 68.4 cm³/mol. The lowest BCUT2D eigenvalue weighted by Gasteiger charge is -2.34. The zero-order valence-corrected chi connectivity index (χ0v) is 11.2. The molecular formula is C12H15BrF2N2. The minimum Gasteiger partial charge on any atom is -0.368 e. The van der Waals surface area contributed by atoms with E-state index in [0.29, 0.717) is 18.3 Å². The maximum atomic E-state index is 13.8. The summed E-state index contributed by atoms with van der Waals surface area (Å²) in [6.07, 6.45) is 2.07. The summed E-state index contributed by atoms with van der Waals surface area (Å²) in [7, 11) is 1.90. The van der Waals surface area contributed by atoms with E-state index in [1.165, 1.54) is 12.1 Å². The van der Waals surface area contributed by atoms with Crippen LogP contribution in [0.5, 0.6) is 0 Å². The average Bonchev–Trinajstić information content (AvgIpc) is 2.34. The van der Waals surface area contributed by atoms with Crippen molar-refractivity contribution in [3.63, 3.8) is 0 Å². The topological polar surface area (TPSA) is 15.3 Å². The van der Waals surface area contributed by atoms with Crippen LogP contribution in [0.3, 0.4) is 0 Å². The van der Waals surface area contributed by atoms with Gasteiger partial charge in [-0.25, -0.2) is 8.78 Å². The largest absolute Gasteiger partial charge is 0.368 e. The molecular weight excluding hydrogens is 290 g/mol. The lowest BCUT2D eigenvalue weighted by molar-refractivity contribution is 0.444. The van der Waals surface area contributed by atoms with E-state index in [1.54, 1.807) is 0 Å². The number of benzene rings is 1.